The van der Waals surface area contributed by atoms with Crippen LogP contribution in [-0.4, -0.2) is 0 Å². The molecule has 0 fully saturated rings. The largest absolute Gasteiger partial charge is 0.381 e. The molecule has 0 aliphatic heterocycles. The van der Waals surface area contributed by atoms with Crippen LogP contribution in [0.4, 0.5) is 10.1 Å². The molecule has 2 heteroatoms. The van der Waals surface area contributed by atoms with Crippen molar-refractivity contribution in [1.82, 2.24) is 0 Å². The van der Waals surface area contributed by atoms with Crippen LogP contribution in [0.25, 0.3) is 0 Å². The second-order valence-electron chi connectivity index (χ2n) is 5.78. The molecule has 0 heterocycles. The Labute approximate surface area is 114 Å². The van der Waals surface area contributed by atoms with Gasteiger partial charge in [-0.3, -0.25) is 0 Å². The van der Waals surface area contributed by atoms with Gasteiger partial charge in [-0.25, -0.2) is 4.39 Å². The fourth-order valence-electron chi connectivity index (χ4n) is 2.14. The Bertz CT molecular complexity index is 555. The Morgan fingerprint density at radius 2 is 1.74 bits per heavy atom. The minimum atomic E-state index is -0.191. The minimum Gasteiger partial charge on any atom is -0.381 e. The highest BCUT2D eigenvalue weighted by Gasteiger charge is 2.16. The molecule has 19 heavy (non-hydrogen) atoms. The van der Waals surface area contributed by atoms with Crippen LogP contribution in [0.5, 0.6) is 0 Å². The van der Waals surface area contributed by atoms with Gasteiger partial charge in [0.15, 0.2) is 0 Å². The summed E-state index contributed by atoms with van der Waals surface area (Å²) in [5.41, 5.74) is 3.42. The first-order valence-corrected chi connectivity index (χ1v) is 6.54. The van der Waals surface area contributed by atoms with Gasteiger partial charge in [0.25, 0.3) is 0 Å². The van der Waals surface area contributed by atoms with Gasteiger partial charge >= 0.3 is 0 Å². The van der Waals surface area contributed by atoms with Gasteiger partial charge < -0.3 is 5.32 Å². The van der Waals surface area contributed by atoms with Crippen molar-refractivity contribution in [2.45, 2.75) is 32.7 Å². The Hall–Kier alpha value is -1.83. The molecule has 1 N–H and O–H groups in total. The zero-order valence-corrected chi connectivity index (χ0v) is 11.7. The summed E-state index contributed by atoms with van der Waals surface area (Å²) in [6.07, 6.45) is 0. The van der Waals surface area contributed by atoms with E-state index in [-0.39, 0.29) is 11.2 Å². The third-order valence-electron chi connectivity index (χ3n) is 3.11. The standard InChI is InChI=1S/C17H20FN/c1-17(2,3)15-9-4-5-10-16(15)19-12-13-7-6-8-14(18)11-13/h4-11,19H,12H2,1-3H3. The quantitative estimate of drug-likeness (QED) is 0.837. The second kappa shape index (κ2) is 5.43. The number of anilines is 1. The average molecular weight is 257 g/mol. The molecule has 2 aromatic rings. The highest BCUT2D eigenvalue weighted by molar-refractivity contribution is 5.54. The van der Waals surface area contributed by atoms with Gasteiger partial charge in [-0.05, 0) is 34.7 Å². The molecule has 100 valence electrons. The summed E-state index contributed by atoms with van der Waals surface area (Å²) in [5, 5.41) is 3.40. The van der Waals surface area contributed by atoms with Crippen LogP contribution in [0.3, 0.4) is 0 Å². The van der Waals surface area contributed by atoms with E-state index in [4.69, 9.17) is 0 Å². The average Bonchev–Trinajstić information content (AvgIpc) is 2.36. The highest BCUT2D eigenvalue weighted by Crippen LogP contribution is 2.29. The molecule has 0 atom stereocenters. The number of para-hydroxylation sites is 1. The van der Waals surface area contributed by atoms with Crippen LogP contribution >= 0.6 is 0 Å². The summed E-state index contributed by atoms with van der Waals surface area (Å²) in [6.45, 7) is 7.20. The Kier molecular flexibility index (Phi) is 3.89. The molecule has 0 amide bonds. The lowest BCUT2D eigenvalue weighted by atomic mass is 9.86. The van der Waals surface area contributed by atoms with Crippen molar-refractivity contribution in [2.24, 2.45) is 0 Å². The summed E-state index contributed by atoms with van der Waals surface area (Å²) >= 11 is 0. The van der Waals surface area contributed by atoms with Gasteiger partial charge in [0.1, 0.15) is 5.82 Å². The maximum absolute atomic E-state index is 13.1. The summed E-state index contributed by atoms with van der Waals surface area (Å²) < 4.78 is 13.1. The summed E-state index contributed by atoms with van der Waals surface area (Å²) in [7, 11) is 0. The van der Waals surface area contributed by atoms with E-state index >= 15 is 0 Å². The van der Waals surface area contributed by atoms with E-state index in [1.807, 2.05) is 18.2 Å². The summed E-state index contributed by atoms with van der Waals surface area (Å²) in [6, 6.07) is 15.0. The van der Waals surface area contributed by atoms with Gasteiger partial charge in [0, 0.05) is 12.2 Å². The van der Waals surface area contributed by atoms with Crippen molar-refractivity contribution >= 4 is 5.69 Å². The van der Waals surface area contributed by atoms with E-state index in [0.717, 1.165) is 11.3 Å². The van der Waals surface area contributed by atoms with E-state index < -0.39 is 0 Å². The number of hydrogen-bond acceptors (Lipinski definition) is 1. The van der Waals surface area contributed by atoms with Crippen molar-refractivity contribution in [3.05, 3.63) is 65.5 Å². The number of halogens is 1. The first-order chi connectivity index (χ1) is 8.97. The summed E-state index contributed by atoms with van der Waals surface area (Å²) in [5.74, 6) is -0.191. The lowest BCUT2D eigenvalue weighted by Crippen LogP contribution is -2.14. The molecule has 0 aliphatic rings. The molecule has 0 radical (unpaired) electrons. The molecule has 0 aromatic heterocycles. The number of nitrogens with one attached hydrogen (secondary N) is 1. The maximum atomic E-state index is 13.1. The minimum absolute atomic E-state index is 0.0888. The number of benzene rings is 2. The van der Waals surface area contributed by atoms with Gasteiger partial charge in [0.05, 0.1) is 0 Å². The van der Waals surface area contributed by atoms with Gasteiger partial charge in [-0.1, -0.05) is 51.1 Å². The fraction of sp³-hybridized carbons (Fsp3) is 0.294. The lowest BCUT2D eigenvalue weighted by Gasteiger charge is -2.23. The number of hydrogen-bond donors (Lipinski definition) is 1. The van der Waals surface area contributed by atoms with Crippen molar-refractivity contribution < 1.29 is 4.39 Å². The van der Waals surface area contributed by atoms with Crippen LogP contribution in [-0.2, 0) is 12.0 Å². The van der Waals surface area contributed by atoms with Crippen molar-refractivity contribution in [1.29, 1.82) is 0 Å². The van der Waals surface area contributed by atoms with E-state index in [0.29, 0.717) is 6.54 Å². The smallest absolute Gasteiger partial charge is 0.123 e. The molecule has 1 nitrogen and oxygen atoms in total. The Morgan fingerprint density at radius 3 is 2.42 bits per heavy atom. The predicted octanol–water partition coefficient (Wildman–Crippen LogP) is 4.74. The zero-order chi connectivity index (χ0) is 13.9. The predicted molar refractivity (Wildman–Crippen MR) is 78.9 cm³/mol. The first kappa shape index (κ1) is 13.6. The molecule has 2 rings (SSSR count). The molecule has 0 aliphatic carbocycles. The van der Waals surface area contributed by atoms with Crippen molar-refractivity contribution in [3.63, 3.8) is 0 Å². The molecule has 0 bridgehead atoms. The Balaban J connectivity index is 2.16. The van der Waals surface area contributed by atoms with E-state index in [9.17, 15) is 4.39 Å². The molecule has 0 spiro atoms. The molecule has 2 aromatic carbocycles. The van der Waals surface area contributed by atoms with Gasteiger partial charge in [-0.15, -0.1) is 0 Å². The third-order valence-corrected chi connectivity index (χ3v) is 3.11. The monoisotopic (exact) mass is 257 g/mol. The normalized spacial score (nSPS) is 11.4. The zero-order valence-electron chi connectivity index (χ0n) is 11.7. The van der Waals surface area contributed by atoms with Crippen LogP contribution in [0.15, 0.2) is 48.5 Å². The number of rotatable bonds is 3. The lowest BCUT2D eigenvalue weighted by molar-refractivity contribution is 0.591. The van der Waals surface area contributed by atoms with E-state index in [2.05, 4.69) is 38.2 Å². The Morgan fingerprint density at radius 1 is 1.00 bits per heavy atom. The molecule has 0 saturated carbocycles. The molecular weight excluding hydrogens is 237 g/mol. The van der Waals surface area contributed by atoms with Crippen LogP contribution in [0.2, 0.25) is 0 Å². The van der Waals surface area contributed by atoms with Crippen LogP contribution < -0.4 is 5.32 Å². The molecule has 0 saturated heterocycles. The van der Waals surface area contributed by atoms with Crippen LogP contribution in [0, 0.1) is 5.82 Å². The molecular formula is C17H20FN. The maximum Gasteiger partial charge on any atom is 0.123 e. The van der Waals surface area contributed by atoms with Crippen LogP contribution in [0.1, 0.15) is 31.9 Å². The van der Waals surface area contributed by atoms with Gasteiger partial charge in [0.2, 0.25) is 0 Å². The van der Waals surface area contributed by atoms with E-state index in [1.54, 1.807) is 12.1 Å². The SMILES string of the molecule is CC(C)(C)c1ccccc1NCc1cccc(F)c1. The van der Waals surface area contributed by atoms with Crippen molar-refractivity contribution in [3.8, 4) is 0 Å². The first-order valence-electron chi connectivity index (χ1n) is 6.54. The highest BCUT2D eigenvalue weighted by atomic mass is 19.1. The van der Waals surface area contributed by atoms with Gasteiger partial charge in [-0.2, -0.15) is 0 Å². The van der Waals surface area contributed by atoms with Crippen molar-refractivity contribution in [2.75, 3.05) is 5.32 Å². The third kappa shape index (κ3) is 3.57. The topological polar surface area (TPSA) is 12.0 Å². The summed E-state index contributed by atoms with van der Waals surface area (Å²) in [4.78, 5) is 0. The van der Waals surface area contributed by atoms with E-state index in [1.165, 1.54) is 11.6 Å². The fourth-order valence-corrected chi connectivity index (χ4v) is 2.14. The second-order valence-corrected chi connectivity index (χ2v) is 5.78. The molecule has 0 unspecified atom stereocenters.